The summed E-state index contributed by atoms with van der Waals surface area (Å²) in [6.45, 7) is 0. The van der Waals surface area contributed by atoms with Crippen molar-refractivity contribution in [2.75, 3.05) is 0 Å². The van der Waals surface area contributed by atoms with Gasteiger partial charge in [-0.2, -0.15) is 0 Å². The second-order valence-electron chi connectivity index (χ2n) is 2.32. The Bertz CT molecular complexity index is 432. The maximum absolute atomic E-state index is 5.91. The minimum Gasteiger partial charge on any atom is -0.341 e. The molecule has 2 rings (SSSR count). The van der Waals surface area contributed by atoms with Crippen LogP contribution in [0.4, 0.5) is 0 Å². The van der Waals surface area contributed by atoms with Crippen molar-refractivity contribution in [3.63, 3.8) is 0 Å². The van der Waals surface area contributed by atoms with Crippen LogP contribution in [-0.4, -0.2) is 14.8 Å². The van der Waals surface area contributed by atoms with Gasteiger partial charge in [0.25, 0.3) is 0 Å². The Balaban J connectivity index is 0.000000980. The molecule has 2 aromatic rings. The van der Waals surface area contributed by atoms with E-state index in [1.54, 1.807) is 24.4 Å². The molecule has 2 aromatic heterocycles. The van der Waals surface area contributed by atoms with Gasteiger partial charge in [0, 0.05) is 15.8 Å². The second-order valence-corrected chi connectivity index (χ2v) is 3.54. The van der Waals surface area contributed by atoms with Crippen molar-refractivity contribution in [2.24, 2.45) is 0 Å². The normalized spacial score (nSPS) is 9.57. The molecule has 14 heavy (non-hydrogen) atoms. The zero-order chi connectivity index (χ0) is 9.26. The number of pyridine rings is 1. The third-order valence-corrected chi connectivity index (χ3v) is 2.12. The SMILES string of the molecule is Clc1cccnc1-n1[c-]cc(Br)n1.[Li+]. The van der Waals surface area contributed by atoms with Gasteiger partial charge in [-0.05, 0) is 6.07 Å². The first-order chi connectivity index (χ1) is 6.27. The summed E-state index contributed by atoms with van der Waals surface area (Å²) >= 11 is 9.13. The van der Waals surface area contributed by atoms with Gasteiger partial charge in [-0.15, -0.1) is 22.0 Å². The molecule has 0 N–H and O–H groups in total. The third kappa shape index (κ3) is 2.40. The first kappa shape index (κ1) is 11.8. The average molecular weight is 264 g/mol. The number of aromatic nitrogens is 3. The van der Waals surface area contributed by atoms with Gasteiger partial charge in [0.2, 0.25) is 0 Å². The molecule has 66 valence electrons. The number of rotatable bonds is 1. The van der Waals surface area contributed by atoms with E-state index in [-0.39, 0.29) is 18.9 Å². The van der Waals surface area contributed by atoms with E-state index in [1.807, 2.05) is 0 Å². The molecule has 0 saturated carbocycles. The summed E-state index contributed by atoms with van der Waals surface area (Å²) in [5.41, 5.74) is 0. The molecule has 3 nitrogen and oxygen atoms in total. The zero-order valence-electron chi connectivity index (χ0n) is 7.41. The monoisotopic (exact) mass is 263 g/mol. The average Bonchev–Trinajstić information content (AvgIpc) is 2.53. The molecule has 6 heteroatoms. The van der Waals surface area contributed by atoms with Crippen LogP contribution in [0.25, 0.3) is 5.82 Å². The van der Waals surface area contributed by atoms with Crippen LogP contribution < -0.4 is 18.9 Å². The van der Waals surface area contributed by atoms with E-state index in [1.165, 1.54) is 4.68 Å². The van der Waals surface area contributed by atoms with E-state index in [2.05, 4.69) is 32.2 Å². The fourth-order valence-electron chi connectivity index (χ4n) is 0.909. The molecule has 0 aliphatic rings. The fraction of sp³-hybridized carbons (Fsp3) is 0. The molecule has 0 aromatic carbocycles. The third-order valence-electron chi connectivity index (χ3n) is 1.44. The molecule has 0 bridgehead atoms. The largest absolute Gasteiger partial charge is 1.00 e. The Hall–Kier alpha value is -0.273. The van der Waals surface area contributed by atoms with Crippen molar-refractivity contribution in [3.05, 3.63) is 40.2 Å². The molecule has 0 spiro atoms. The van der Waals surface area contributed by atoms with E-state index >= 15 is 0 Å². The van der Waals surface area contributed by atoms with E-state index in [9.17, 15) is 0 Å². The standard InChI is InChI=1S/C8H4BrClN3.Li/c9-7-3-5-13(12-7)8-6(10)2-1-4-11-8;/h1-4H;/q-1;+1. The molecule has 0 saturated heterocycles. The summed E-state index contributed by atoms with van der Waals surface area (Å²) in [6, 6.07) is 5.22. The van der Waals surface area contributed by atoms with Crippen LogP contribution in [-0.2, 0) is 0 Å². The van der Waals surface area contributed by atoms with E-state index in [4.69, 9.17) is 11.6 Å². The van der Waals surface area contributed by atoms with Gasteiger partial charge < -0.3 is 4.68 Å². The van der Waals surface area contributed by atoms with Gasteiger partial charge in [-0.25, -0.2) is 5.10 Å². The molecule has 0 atom stereocenters. The van der Waals surface area contributed by atoms with Crippen LogP contribution in [0.15, 0.2) is 29.0 Å². The summed E-state index contributed by atoms with van der Waals surface area (Å²) in [7, 11) is 0. The van der Waals surface area contributed by atoms with E-state index in [0.717, 1.165) is 0 Å². The predicted molar refractivity (Wildman–Crippen MR) is 52.9 cm³/mol. The van der Waals surface area contributed by atoms with Crippen LogP contribution in [0.2, 0.25) is 5.02 Å². The molecular weight excluding hydrogens is 260 g/mol. The predicted octanol–water partition coefficient (Wildman–Crippen LogP) is -0.513. The van der Waals surface area contributed by atoms with Crippen LogP contribution in [0.3, 0.4) is 0 Å². The molecule has 2 heterocycles. The van der Waals surface area contributed by atoms with Crippen LogP contribution in [0.5, 0.6) is 0 Å². The van der Waals surface area contributed by atoms with Gasteiger partial charge in [0.15, 0.2) is 0 Å². The van der Waals surface area contributed by atoms with Crippen LogP contribution in [0.1, 0.15) is 0 Å². The Morgan fingerprint density at radius 2 is 2.29 bits per heavy atom. The van der Waals surface area contributed by atoms with Gasteiger partial charge in [-0.3, -0.25) is 4.98 Å². The molecule has 0 radical (unpaired) electrons. The van der Waals surface area contributed by atoms with E-state index in [0.29, 0.717) is 15.4 Å². The summed E-state index contributed by atoms with van der Waals surface area (Å²) in [5, 5.41) is 4.62. The maximum Gasteiger partial charge on any atom is 1.00 e. The molecule has 0 aliphatic carbocycles. The quantitative estimate of drug-likeness (QED) is 0.513. The Kier molecular flexibility index (Phi) is 4.21. The number of hydrogen-bond acceptors (Lipinski definition) is 2. The van der Waals surface area contributed by atoms with Crippen LogP contribution in [0, 0.1) is 6.20 Å². The second kappa shape index (κ2) is 4.99. The molecule has 0 aliphatic heterocycles. The minimum absolute atomic E-state index is 0. The minimum atomic E-state index is 0. The summed E-state index contributed by atoms with van der Waals surface area (Å²) in [4.78, 5) is 4.08. The number of hydrogen-bond donors (Lipinski definition) is 0. The molecule has 0 unspecified atom stereocenters. The first-order valence-electron chi connectivity index (χ1n) is 3.51. The Labute approximate surface area is 107 Å². The topological polar surface area (TPSA) is 30.7 Å². The summed E-state index contributed by atoms with van der Waals surface area (Å²) < 4.78 is 2.20. The van der Waals surface area contributed by atoms with Gasteiger partial charge in [0.05, 0.1) is 5.82 Å². The summed E-state index contributed by atoms with van der Waals surface area (Å²) in [6.07, 6.45) is 4.53. The van der Waals surface area contributed by atoms with Gasteiger partial charge in [0.1, 0.15) is 0 Å². The van der Waals surface area contributed by atoms with Crippen molar-refractivity contribution in [2.45, 2.75) is 0 Å². The molecule has 0 amide bonds. The van der Waals surface area contributed by atoms with Gasteiger partial charge in [-0.1, -0.05) is 23.9 Å². The van der Waals surface area contributed by atoms with Crippen molar-refractivity contribution >= 4 is 27.5 Å². The molecular formula is C8H4BrClLiN3. The summed E-state index contributed by atoms with van der Waals surface area (Å²) in [5.74, 6) is 0.579. The Morgan fingerprint density at radius 1 is 1.50 bits per heavy atom. The Morgan fingerprint density at radius 3 is 2.86 bits per heavy atom. The van der Waals surface area contributed by atoms with Crippen LogP contribution >= 0.6 is 27.5 Å². The van der Waals surface area contributed by atoms with Crippen molar-refractivity contribution in [1.82, 2.24) is 14.8 Å². The van der Waals surface area contributed by atoms with Crippen molar-refractivity contribution < 1.29 is 18.9 Å². The smallest absolute Gasteiger partial charge is 0.341 e. The maximum atomic E-state index is 5.91. The first-order valence-corrected chi connectivity index (χ1v) is 4.68. The van der Waals surface area contributed by atoms with Crippen molar-refractivity contribution in [3.8, 4) is 5.82 Å². The van der Waals surface area contributed by atoms with E-state index < -0.39 is 0 Å². The van der Waals surface area contributed by atoms with Gasteiger partial charge >= 0.3 is 18.9 Å². The number of halogens is 2. The zero-order valence-corrected chi connectivity index (χ0v) is 9.75. The number of nitrogens with zero attached hydrogens (tertiary/aromatic N) is 3. The molecule has 0 fully saturated rings. The van der Waals surface area contributed by atoms with Crippen molar-refractivity contribution in [1.29, 1.82) is 0 Å². The fourth-order valence-corrected chi connectivity index (χ4v) is 1.37.